The van der Waals surface area contributed by atoms with E-state index < -0.39 is 11.9 Å². The summed E-state index contributed by atoms with van der Waals surface area (Å²) < 4.78 is 10.8. The maximum atomic E-state index is 12.1. The highest BCUT2D eigenvalue weighted by Gasteiger charge is 2.12. The van der Waals surface area contributed by atoms with Crippen molar-refractivity contribution in [2.45, 2.75) is 26.2 Å². The Morgan fingerprint density at radius 1 is 1.21 bits per heavy atom. The first kappa shape index (κ1) is 19.3. The number of imide groups is 1. The summed E-state index contributed by atoms with van der Waals surface area (Å²) in [6, 6.07) is 3.93. The summed E-state index contributed by atoms with van der Waals surface area (Å²) in [5.74, 6) is 0.119. The fourth-order valence-electron chi connectivity index (χ4n) is 1.85. The van der Waals surface area contributed by atoms with Gasteiger partial charge in [0.15, 0.2) is 11.5 Å². The molecule has 132 valence electrons. The van der Waals surface area contributed by atoms with Crippen molar-refractivity contribution in [3.05, 3.63) is 23.8 Å². The lowest BCUT2D eigenvalue weighted by Crippen LogP contribution is -2.37. The molecule has 1 rings (SSSR count). The van der Waals surface area contributed by atoms with Gasteiger partial charge in [0, 0.05) is 18.5 Å². The minimum atomic E-state index is -0.922. The van der Waals surface area contributed by atoms with Crippen molar-refractivity contribution in [3.63, 3.8) is 0 Å². The smallest absolute Gasteiger partial charge is 0.318 e. The molecule has 4 N–H and O–H groups in total. The molecule has 0 aliphatic heterocycles. The van der Waals surface area contributed by atoms with Crippen molar-refractivity contribution in [2.75, 3.05) is 20.3 Å². The number of carbonyl (C=O) groups is 3. The van der Waals surface area contributed by atoms with E-state index in [1.54, 1.807) is 18.2 Å². The molecule has 0 aliphatic rings. The van der Waals surface area contributed by atoms with Crippen molar-refractivity contribution < 1.29 is 23.9 Å². The third kappa shape index (κ3) is 6.55. The Labute approximate surface area is 140 Å². The fraction of sp³-hybridized carbons (Fsp3) is 0.438. The number of carbonyl (C=O) groups excluding carboxylic acids is 3. The van der Waals surface area contributed by atoms with Crippen LogP contribution in [0.25, 0.3) is 0 Å². The molecule has 0 saturated carbocycles. The molecule has 0 fully saturated rings. The van der Waals surface area contributed by atoms with E-state index in [0.717, 1.165) is 12.8 Å². The van der Waals surface area contributed by atoms with Gasteiger partial charge >= 0.3 is 6.03 Å². The Morgan fingerprint density at radius 3 is 2.58 bits per heavy atom. The van der Waals surface area contributed by atoms with E-state index in [1.165, 1.54) is 7.11 Å². The number of methoxy groups -OCH3 is 1. The molecule has 0 radical (unpaired) electrons. The van der Waals surface area contributed by atoms with Crippen LogP contribution in [0, 0.1) is 0 Å². The van der Waals surface area contributed by atoms with Gasteiger partial charge < -0.3 is 20.5 Å². The van der Waals surface area contributed by atoms with Crippen LogP contribution in [0.2, 0.25) is 0 Å². The number of unbranched alkanes of at least 4 members (excludes halogenated alkanes) is 1. The summed E-state index contributed by atoms with van der Waals surface area (Å²) in [5.41, 5.74) is 5.20. The average Bonchev–Trinajstić information content (AvgIpc) is 2.54. The zero-order valence-corrected chi connectivity index (χ0v) is 13.9. The van der Waals surface area contributed by atoms with Crippen LogP contribution in [0.1, 0.15) is 36.5 Å². The molecule has 24 heavy (non-hydrogen) atoms. The molecule has 4 amide bonds. The van der Waals surface area contributed by atoms with Crippen molar-refractivity contribution in [2.24, 2.45) is 5.73 Å². The molecule has 0 spiro atoms. The molecule has 0 unspecified atom stereocenters. The van der Waals surface area contributed by atoms with Crippen LogP contribution >= 0.6 is 0 Å². The van der Waals surface area contributed by atoms with E-state index in [9.17, 15) is 14.4 Å². The third-order valence-electron chi connectivity index (χ3n) is 3.08. The van der Waals surface area contributed by atoms with Gasteiger partial charge in [0.25, 0.3) is 5.91 Å². The highest BCUT2D eigenvalue weighted by atomic mass is 16.5. The monoisotopic (exact) mass is 337 g/mol. The Hall–Kier alpha value is -2.77. The summed E-state index contributed by atoms with van der Waals surface area (Å²) in [4.78, 5) is 33.8. The van der Waals surface area contributed by atoms with Crippen LogP contribution in [-0.4, -0.2) is 38.1 Å². The lowest BCUT2D eigenvalue weighted by Gasteiger charge is -2.12. The summed E-state index contributed by atoms with van der Waals surface area (Å²) in [6.07, 6.45) is 1.90. The molecule has 0 aliphatic carbocycles. The average molecular weight is 337 g/mol. The summed E-state index contributed by atoms with van der Waals surface area (Å²) in [6.45, 7) is 2.72. The van der Waals surface area contributed by atoms with Gasteiger partial charge in [-0.15, -0.1) is 0 Å². The molecule has 1 aromatic rings. The molecule has 1 aromatic carbocycles. The van der Waals surface area contributed by atoms with E-state index in [2.05, 4.69) is 12.2 Å². The summed E-state index contributed by atoms with van der Waals surface area (Å²) >= 11 is 0. The Morgan fingerprint density at radius 2 is 1.96 bits per heavy atom. The Kier molecular flexibility index (Phi) is 8.10. The number of nitrogens with one attached hydrogen (secondary N) is 2. The van der Waals surface area contributed by atoms with Gasteiger partial charge in [-0.2, -0.15) is 0 Å². The van der Waals surface area contributed by atoms with Crippen molar-refractivity contribution in [1.29, 1.82) is 0 Å². The van der Waals surface area contributed by atoms with Gasteiger partial charge in [0.1, 0.15) is 0 Å². The van der Waals surface area contributed by atoms with Crippen molar-refractivity contribution in [3.8, 4) is 11.5 Å². The topological polar surface area (TPSA) is 120 Å². The molecule has 8 nitrogen and oxygen atoms in total. The molecule has 0 aromatic heterocycles. The standard InChI is InChI=1S/C16H23N3O5/c1-3-4-9-24-12-6-5-11(10-13(12)23-2)15(21)18-8-7-14(20)19-16(17)22/h5-6,10H,3-4,7-9H2,1-2H3,(H,18,21)(H3,17,19,20,22). The number of primary amides is 1. The second-order valence-corrected chi connectivity index (χ2v) is 4.99. The van der Waals surface area contributed by atoms with Crippen LogP contribution < -0.4 is 25.8 Å². The number of hydrogen-bond donors (Lipinski definition) is 3. The number of benzene rings is 1. The van der Waals surface area contributed by atoms with E-state index in [-0.39, 0.29) is 18.9 Å². The van der Waals surface area contributed by atoms with E-state index in [4.69, 9.17) is 15.2 Å². The quantitative estimate of drug-likeness (QED) is 0.585. The summed E-state index contributed by atoms with van der Waals surface area (Å²) in [7, 11) is 1.50. The minimum Gasteiger partial charge on any atom is -0.493 e. The molecular weight excluding hydrogens is 314 g/mol. The van der Waals surface area contributed by atoms with Crippen molar-refractivity contribution >= 4 is 17.8 Å². The second kappa shape index (κ2) is 10.1. The number of amides is 4. The fourth-order valence-corrected chi connectivity index (χ4v) is 1.85. The van der Waals surface area contributed by atoms with Gasteiger partial charge in [-0.3, -0.25) is 14.9 Å². The van der Waals surface area contributed by atoms with Crippen LogP contribution in [0.4, 0.5) is 4.79 Å². The lowest BCUT2D eigenvalue weighted by atomic mass is 10.2. The van der Waals surface area contributed by atoms with Gasteiger partial charge in [-0.1, -0.05) is 13.3 Å². The van der Waals surface area contributed by atoms with Gasteiger partial charge in [-0.05, 0) is 24.6 Å². The maximum absolute atomic E-state index is 12.1. The Balaban J connectivity index is 2.57. The number of nitrogens with two attached hydrogens (primary N) is 1. The van der Waals surface area contributed by atoms with Gasteiger partial charge in [0.2, 0.25) is 5.91 Å². The Bertz CT molecular complexity index is 589. The molecule has 8 heteroatoms. The van der Waals surface area contributed by atoms with Crippen LogP contribution in [0.15, 0.2) is 18.2 Å². The molecule has 0 bridgehead atoms. The second-order valence-electron chi connectivity index (χ2n) is 4.99. The molecule has 0 heterocycles. The maximum Gasteiger partial charge on any atom is 0.318 e. The largest absolute Gasteiger partial charge is 0.493 e. The predicted molar refractivity (Wildman–Crippen MR) is 88.1 cm³/mol. The highest BCUT2D eigenvalue weighted by molar-refractivity contribution is 5.96. The number of urea groups is 1. The van der Waals surface area contributed by atoms with E-state index >= 15 is 0 Å². The SMILES string of the molecule is CCCCOc1ccc(C(=O)NCCC(=O)NC(N)=O)cc1OC. The van der Waals surface area contributed by atoms with Crippen LogP contribution in [0.5, 0.6) is 11.5 Å². The molecular formula is C16H23N3O5. The van der Waals surface area contributed by atoms with Crippen molar-refractivity contribution in [1.82, 2.24) is 10.6 Å². The first-order valence-corrected chi connectivity index (χ1v) is 7.66. The summed E-state index contributed by atoms with van der Waals surface area (Å²) in [5, 5.41) is 4.50. The lowest BCUT2D eigenvalue weighted by molar-refractivity contribution is -0.119. The van der Waals surface area contributed by atoms with Gasteiger partial charge in [0.05, 0.1) is 13.7 Å². The van der Waals surface area contributed by atoms with Crippen LogP contribution in [-0.2, 0) is 4.79 Å². The van der Waals surface area contributed by atoms with E-state index in [0.29, 0.717) is 23.7 Å². The minimum absolute atomic E-state index is 0.0516. The first-order chi connectivity index (χ1) is 11.5. The third-order valence-corrected chi connectivity index (χ3v) is 3.08. The van der Waals surface area contributed by atoms with Crippen LogP contribution in [0.3, 0.4) is 0 Å². The number of ether oxygens (including phenoxy) is 2. The normalized spacial score (nSPS) is 9.92. The van der Waals surface area contributed by atoms with E-state index in [1.807, 2.05) is 5.32 Å². The highest BCUT2D eigenvalue weighted by Crippen LogP contribution is 2.28. The predicted octanol–water partition coefficient (Wildman–Crippen LogP) is 1.19. The number of rotatable bonds is 9. The number of hydrogen-bond acceptors (Lipinski definition) is 5. The zero-order valence-electron chi connectivity index (χ0n) is 13.9. The van der Waals surface area contributed by atoms with Gasteiger partial charge in [-0.25, -0.2) is 4.79 Å². The molecule has 0 atom stereocenters. The first-order valence-electron chi connectivity index (χ1n) is 7.66. The zero-order chi connectivity index (χ0) is 17.9. The molecule has 0 saturated heterocycles.